The molecule has 0 fully saturated rings. The lowest BCUT2D eigenvalue weighted by Crippen LogP contribution is -2.34. The van der Waals surface area contributed by atoms with Crippen molar-refractivity contribution < 1.29 is 18.3 Å². The first-order chi connectivity index (χ1) is 9.69. The molecule has 0 bridgehead atoms. The molecular formula is C14H23NO4S2. The van der Waals surface area contributed by atoms with Gasteiger partial charge in [0.15, 0.2) is 0 Å². The van der Waals surface area contributed by atoms with E-state index >= 15 is 0 Å². The summed E-state index contributed by atoms with van der Waals surface area (Å²) in [5, 5.41) is 10.5. The second-order valence-corrected chi connectivity index (χ2v) is 8.52. The molecule has 0 radical (unpaired) electrons. The van der Waals surface area contributed by atoms with E-state index in [0.717, 1.165) is 37.0 Å². The van der Waals surface area contributed by atoms with Crippen molar-refractivity contribution in [2.45, 2.75) is 51.3 Å². The number of nitrogens with one attached hydrogen (secondary N) is 1. The van der Waals surface area contributed by atoms with E-state index < -0.39 is 16.0 Å². The monoisotopic (exact) mass is 333 g/mol. The van der Waals surface area contributed by atoms with Crippen LogP contribution in [0.15, 0.2) is 16.3 Å². The number of hydrogen-bond donors (Lipinski definition) is 2. The van der Waals surface area contributed by atoms with Gasteiger partial charge in [-0.15, -0.1) is 11.3 Å². The molecule has 0 aliphatic heterocycles. The minimum absolute atomic E-state index is 0.147. The molecule has 1 heterocycles. The molecule has 1 rings (SSSR count). The number of carboxylic acid groups (broad SMARTS) is 1. The predicted octanol–water partition coefficient (Wildman–Crippen LogP) is 3.33. The van der Waals surface area contributed by atoms with Crippen molar-refractivity contribution >= 4 is 27.3 Å². The number of rotatable bonds is 9. The quantitative estimate of drug-likeness (QED) is 0.679. The van der Waals surface area contributed by atoms with E-state index in [4.69, 9.17) is 5.11 Å². The normalized spacial score (nSPS) is 12.5. The molecule has 0 spiro atoms. The van der Waals surface area contributed by atoms with Crippen LogP contribution in [-0.2, 0) is 10.0 Å². The van der Waals surface area contributed by atoms with Crippen LogP contribution in [0.2, 0.25) is 0 Å². The second kappa shape index (κ2) is 7.38. The molecule has 21 heavy (non-hydrogen) atoms. The number of carboxylic acids is 1. The summed E-state index contributed by atoms with van der Waals surface area (Å²) >= 11 is 0.916. The van der Waals surface area contributed by atoms with E-state index in [1.54, 1.807) is 0 Å². The summed E-state index contributed by atoms with van der Waals surface area (Å²) in [6.07, 6.45) is 4.24. The minimum Gasteiger partial charge on any atom is -0.477 e. The Balaban J connectivity index is 2.73. The summed E-state index contributed by atoms with van der Waals surface area (Å²) in [6, 6.07) is 1.33. The van der Waals surface area contributed by atoms with Crippen molar-refractivity contribution in [3.8, 4) is 0 Å². The molecule has 5 nitrogen and oxygen atoms in total. The van der Waals surface area contributed by atoms with Crippen LogP contribution >= 0.6 is 11.3 Å². The Hall–Kier alpha value is -0.920. The average Bonchev–Trinajstić information content (AvgIpc) is 2.87. The molecule has 0 amide bonds. The Bertz CT molecular complexity index is 576. The molecule has 0 aliphatic rings. The number of aromatic carboxylic acids is 1. The summed E-state index contributed by atoms with van der Waals surface area (Å²) in [7, 11) is -3.78. The lowest BCUT2D eigenvalue weighted by atomic mass is 9.87. The second-order valence-electron chi connectivity index (χ2n) is 5.86. The average molecular weight is 333 g/mol. The number of sulfonamides is 1. The molecule has 0 aromatic carbocycles. The van der Waals surface area contributed by atoms with E-state index in [2.05, 4.69) is 11.6 Å². The third kappa shape index (κ3) is 5.41. The van der Waals surface area contributed by atoms with Crippen LogP contribution in [0.1, 0.15) is 56.1 Å². The molecule has 1 aromatic rings. The van der Waals surface area contributed by atoms with Crippen LogP contribution in [0.4, 0.5) is 0 Å². The maximum absolute atomic E-state index is 12.2. The Morgan fingerprint density at radius 1 is 1.38 bits per heavy atom. The number of unbranched alkanes of at least 4 members (excludes halogenated alkanes) is 2. The van der Waals surface area contributed by atoms with Crippen molar-refractivity contribution in [1.82, 2.24) is 4.72 Å². The summed E-state index contributed by atoms with van der Waals surface area (Å²) in [5.74, 6) is -1.22. The van der Waals surface area contributed by atoms with E-state index in [0.29, 0.717) is 6.54 Å². The molecule has 120 valence electrons. The Kier molecular flexibility index (Phi) is 6.37. The summed E-state index contributed by atoms with van der Waals surface area (Å²) < 4.78 is 27.0. The number of hydrogen-bond acceptors (Lipinski definition) is 4. The highest BCUT2D eigenvalue weighted by Gasteiger charge is 2.26. The van der Waals surface area contributed by atoms with Crippen molar-refractivity contribution in [2.24, 2.45) is 5.41 Å². The fourth-order valence-electron chi connectivity index (χ4n) is 1.98. The fourth-order valence-corrected chi connectivity index (χ4v) is 4.47. The van der Waals surface area contributed by atoms with Crippen molar-refractivity contribution in [1.29, 1.82) is 0 Å². The van der Waals surface area contributed by atoms with Crippen LogP contribution < -0.4 is 4.72 Å². The molecule has 0 aliphatic carbocycles. The summed E-state index contributed by atoms with van der Waals surface area (Å²) in [5.41, 5.74) is -0.151. The van der Waals surface area contributed by atoms with E-state index in [1.165, 1.54) is 11.4 Å². The van der Waals surface area contributed by atoms with E-state index in [-0.39, 0.29) is 15.2 Å². The zero-order valence-corrected chi connectivity index (χ0v) is 14.3. The third-order valence-corrected chi connectivity index (χ3v) is 5.79. The highest BCUT2D eigenvalue weighted by molar-refractivity contribution is 7.89. The van der Waals surface area contributed by atoms with Gasteiger partial charge in [-0.25, -0.2) is 17.9 Å². The lowest BCUT2D eigenvalue weighted by molar-refractivity contribution is 0.0698. The fraction of sp³-hybridized carbons (Fsp3) is 0.643. The van der Waals surface area contributed by atoms with Gasteiger partial charge in [-0.3, -0.25) is 0 Å². The maximum Gasteiger partial charge on any atom is 0.347 e. The zero-order valence-electron chi connectivity index (χ0n) is 12.7. The molecule has 0 atom stereocenters. The van der Waals surface area contributed by atoms with Crippen molar-refractivity contribution in [2.75, 3.05) is 6.54 Å². The van der Waals surface area contributed by atoms with Gasteiger partial charge in [0.1, 0.15) is 9.77 Å². The Labute approximate surface area is 130 Å². The standard InChI is InChI=1S/C14H23NO4S2/c1-4-5-6-8-14(2,3)10-15-21(18,19)11-7-9-20-12(11)13(16)17/h7,9,15H,4-6,8,10H2,1-3H3,(H,16,17). The lowest BCUT2D eigenvalue weighted by Gasteiger charge is -2.24. The SMILES string of the molecule is CCCCCC(C)(C)CNS(=O)(=O)c1ccsc1C(=O)O. The maximum atomic E-state index is 12.2. The van der Waals surface area contributed by atoms with Crippen LogP contribution in [0.25, 0.3) is 0 Å². The smallest absolute Gasteiger partial charge is 0.347 e. The highest BCUT2D eigenvalue weighted by atomic mass is 32.2. The first-order valence-electron chi connectivity index (χ1n) is 7.00. The van der Waals surface area contributed by atoms with Gasteiger partial charge in [0.25, 0.3) is 0 Å². The van der Waals surface area contributed by atoms with Gasteiger partial charge in [-0.1, -0.05) is 40.0 Å². The molecule has 0 saturated heterocycles. The number of thiophene rings is 1. The third-order valence-electron chi connectivity index (χ3n) is 3.31. The van der Waals surface area contributed by atoms with Gasteiger partial charge < -0.3 is 5.11 Å². The minimum atomic E-state index is -3.78. The van der Waals surface area contributed by atoms with Gasteiger partial charge in [0.05, 0.1) is 0 Å². The van der Waals surface area contributed by atoms with Gasteiger partial charge in [-0.05, 0) is 23.3 Å². The Morgan fingerprint density at radius 2 is 2.05 bits per heavy atom. The first-order valence-corrected chi connectivity index (χ1v) is 9.36. The van der Waals surface area contributed by atoms with Gasteiger partial charge in [-0.2, -0.15) is 0 Å². The van der Waals surface area contributed by atoms with E-state index in [1.807, 2.05) is 13.8 Å². The first kappa shape index (κ1) is 18.1. The van der Waals surface area contributed by atoms with Crippen LogP contribution in [-0.4, -0.2) is 26.0 Å². The van der Waals surface area contributed by atoms with Gasteiger partial charge in [0, 0.05) is 6.54 Å². The molecular weight excluding hydrogens is 310 g/mol. The number of carbonyl (C=O) groups is 1. The van der Waals surface area contributed by atoms with Crippen LogP contribution in [0.5, 0.6) is 0 Å². The molecule has 0 saturated carbocycles. The van der Waals surface area contributed by atoms with E-state index in [9.17, 15) is 13.2 Å². The van der Waals surface area contributed by atoms with Gasteiger partial charge in [0.2, 0.25) is 10.0 Å². The topological polar surface area (TPSA) is 83.5 Å². The summed E-state index contributed by atoms with van der Waals surface area (Å²) in [4.78, 5) is 10.7. The van der Waals surface area contributed by atoms with Crippen LogP contribution in [0.3, 0.4) is 0 Å². The zero-order chi connectivity index (χ0) is 16.1. The summed E-state index contributed by atoms with van der Waals surface area (Å²) in [6.45, 7) is 6.45. The van der Waals surface area contributed by atoms with Gasteiger partial charge >= 0.3 is 5.97 Å². The molecule has 7 heteroatoms. The van der Waals surface area contributed by atoms with Crippen molar-refractivity contribution in [3.63, 3.8) is 0 Å². The predicted molar refractivity (Wildman–Crippen MR) is 84.4 cm³/mol. The largest absolute Gasteiger partial charge is 0.477 e. The molecule has 0 unspecified atom stereocenters. The molecule has 1 aromatic heterocycles. The Morgan fingerprint density at radius 3 is 2.62 bits per heavy atom. The molecule has 2 N–H and O–H groups in total. The van der Waals surface area contributed by atoms with Crippen LogP contribution in [0, 0.1) is 5.41 Å². The van der Waals surface area contributed by atoms with Crippen molar-refractivity contribution in [3.05, 3.63) is 16.3 Å². The highest BCUT2D eigenvalue weighted by Crippen LogP contribution is 2.25.